The topological polar surface area (TPSA) is 56.0 Å². The monoisotopic (exact) mass is 245 g/mol. The standard InChI is InChI=1S/C11H8ClN5/c1-7-4-8(6-13-5-7)11-15-14-10-3-2-9(12)16-17(10)11/h2-6H,1H3. The normalized spacial score (nSPS) is 10.9. The van der Waals surface area contributed by atoms with Gasteiger partial charge >= 0.3 is 0 Å². The van der Waals surface area contributed by atoms with Crippen LogP contribution in [0.2, 0.25) is 5.15 Å². The summed E-state index contributed by atoms with van der Waals surface area (Å²) in [6.07, 6.45) is 3.51. The fraction of sp³-hybridized carbons (Fsp3) is 0.0909. The van der Waals surface area contributed by atoms with Gasteiger partial charge in [-0.3, -0.25) is 4.98 Å². The van der Waals surface area contributed by atoms with Crippen LogP contribution >= 0.6 is 11.6 Å². The van der Waals surface area contributed by atoms with E-state index < -0.39 is 0 Å². The van der Waals surface area contributed by atoms with Crippen molar-refractivity contribution in [2.45, 2.75) is 6.92 Å². The van der Waals surface area contributed by atoms with Crippen LogP contribution in [-0.2, 0) is 0 Å². The van der Waals surface area contributed by atoms with Gasteiger partial charge < -0.3 is 0 Å². The molecule has 0 N–H and O–H groups in total. The van der Waals surface area contributed by atoms with Crippen molar-refractivity contribution in [3.8, 4) is 11.4 Å². The van der Waals surface area contributed by atoms with Crippen molar-refractivity contribution in [2.24, 2.45) is 0 Å². The molecular weight excluding hydrogens is 238 g/mol. The van der Waals surface area contributed by atoms with Crippen molar-refractivity contribution in [3.63, 3.8) is 0 Å². The van der Waals surface area contributed by atoms with E-state index in [2.05, 4.69) is 20.3 Å². The molecule has 5 nitrogen and oxygen atoms in total. The summed E-state index contributed by atoms with van der Waals surface area (Å²) in [5.74, 6) is 0.638. The van der Waals surface area contributed by atoms with Gasteiger partial charge in [0.05, 0.1) is 0 Å². The van der Waals surface area contributed by atoms with E-state index in [0.29, 0.717) is 16.6 Å². The lowest BCUT2D eigenvalue weighted by Crippen LogP contribution is -1.95. The zero-order valence-electron chi connectivity index (χ0n) is 9.00. The largest absolute Gasteiger partial charge is 0.264 e. The summed E-state index contributed by atoms with van der Waals surface area (Å²) in [5.41, 5.74) is 2.58. The molecule has 6 heteroatoms. The quantitative estimate of drug-likeness (QED) is 0.659. The SMILES string of the molecule is Cc1cncc(-c2nnc3ccc(Cl)nn23)c1. The minimum Gasteiger partial charge on any atom is -0.264 e. The molecule has 0 bridgehead atoms. The van der Waals surface area contributed by atoms with Crippen LogP contribution in [0.1, 0.15) is 5.56 Å². The minimum atomic E-state index is 0.402. The second kappa shape index (κ2) is 3.78. The first-order chi connectivity index (χ1) is 8.24. The lowest BCUT2D eigenvalue weighted by atomic mass is 10.2. The molecule has 0 aliphatic heterocycles. The highest BCUT2D eigenvalue weighted by Gasteiger charge is 2.09. The molecule has 0 aliphatic rings. The van der Waals surface area contributed by atoms with Crippen LogP contribution in [0.5, 0.6) is 0 Å². The maximum atomic E-state index is 5.86. The highest BCUT2D eigenvalue weighted by atomic mass is 35.5. The van der Waals surface area contributed by atoms with E-state index in [1.807, 2.05) is 13.0 Å². The molecule has 0 saturated carbocycles. The molecule has 0 saturated heterocycles. The van der Waals surface area contributed by atoms with Gasteiger partial charge in [-0.2, -0.15) is 9.61 Å². The van der Waals surface area contributed by atoms with Gasteiger partial charge in [0.15, 0.2) is 11.5 Å². The van der Waals surface area contributed by atoms with E-state index in [1.54, 1.807) is 29.0 Å². The van der Waals surface area contributed by atoms with Crippen molar-refractivity contribution < 1.29 is 0 Å². The van der Waals surface area contributed by atoms with E-state index in [0.717, 1.165) is 11.1 Å². The highest BCUT2D eigenvalue weighted by molar-refractivity contribution is 6.29. The zero-order chi connectivity index (χ0) is 11.8. The lowest BCUT2D eigenvalue weighted by molar-refractivity contribution is 0.934. The van der Waals surface area contributed by atoms with Crippen molar-refractivity contribution in [2.75, 3.05) is 0 Å². The second-order valence-electron chi connectivity index (χ2n) is 3.70. The average molecular weight is 246 g/mol. The van der Waals surface area contributed by atoms with Crippen molar-refractivity contribution in [1.82, 2.24) is 24.8 Å². The fourth-order valence-corrected chi connectivity index (χ4v) is 1.76. The number of aryl methyl sites for hydroxylation is 1. The maximum absolute atomic E-state index is 5.86. The number of nitrogens with zero attached hydrogens (tertiary/aromatic N) is 5. The Morgan fingerprint density at radius 2 is 2.06 bits per heavy atom. The Hall–Kier alpha value is -2.01. The Bertz CT molecular complexity index is 691. The van der Waals surface area contributed by atoms with Crippen molar-refractivity contribution in [3.05, 3.63) is 41.3 Å². The second-order valence-corrected chi connectivity index (χ2v) is 4.09. The van der Waals surface area contributed by atoms with Gasteiger partial charge in [0.25, 0.3) is 0 Å². The molecule has 0 atom stereocenters. The number of aromatic nitrogens is 5. The van der Waals surface area contributed by atoms with E-state index >= 15 is 0 Å². The van der Waals surface area contributed by atoms with Gasteiger partial charge in [-0.1, -0.05) is 11.6 Å². The average Bonchev–Trinajstić information content (AvgIpc) is 2.71. The molecule has 0 fully saturated rings. The molecule has 0 unspecified atom stereocenters. The summed E-state index contributed by atoms with van der Waals surface area (Å²) >= 11 is 5.86. The fourth-order valence-electron chi connectivity index (χ4n) is 1.62. The third-order valence-corrected chi connectivity index (χ3v) is 2.57. The molecule has 17 heavy (non-hydrogen) atoms. The van der Waals surface area contributed by atoms with Crippen LogP contribution in [0.4, 0.5) is 0 Å². The van der Waals surface area contributed by atoms with Gasteiger partial charge in [-0.15, -0.1) is 10.2 Å². The molecule has 3 aromatic heterocycles. The van der Waals surface area contributed by atoms with Gasteiger partial charge in [0, 0.05) is 18.0 Å². The van der Waals surface area contributed by atoms with Crippen LogP contribution in [0.15, 0.2) is 30.6 Å². The molecule has 3 heterocycles. The van der Waals surface area contributed by atoms with E-state index in [-0.39, 0.29) is 0 Å². The molecule has 0 spiro atoms. The van der Waals surface area contributed by atoms with E-state index in [4.69, 9.17) is 11.6 Å². The summed E-state index contributed by atoms with van der Waals surface area (Å²) in [4.78, 5) is 4.13. The Kier molecular flexibility index (Phi) is 2.26. The first-order valence-electron chi connectivity index (χ1n) is 5.04. The first kappa shape index (κ1) is 10.2. The molecule has 3 rings (SSSR count). The molecule has 0 aliphatic carbocycles. The number of halogens is 1. The summed E-state index contributed by atoms with van der Waals surface area (Å²) in [5, 5.41) is 12.7. The van der Waals surface area contributed by atoms with Gasteiger partial charge in [-0.25, -0.2) is 0 Å². The third kappa shape index (κ3) is 1.74. The lowest BCUT2D eigenvalue weighted by Gasteiger charge is -1.99. The predicted octanol–water partition coefficient (Wildman–Crippen LogP) is 2.15. The number of pyridine rings is 1. The number of hydrogen-bond donors (Lipinski definition) is 0. The van der Waals surface area contributed by atoms with Crippen molar-refractivity contribution >= 4 is 17.2 Å². The zero-order valence-corrected chi connectivity index (χ0v) is 9.76. The van der Waals surface area contributed by atoms with Gasteiger partial charge in [-0.05, 0) is 30.7 Å². The molecule has 3 aromatic rings. The number of rotatable bonds is 1. The highest BCUT2D eigenvalue weighted by Crippen LogP contribution is 2.18. The molecular formula is C11H8ClN5. The number of fused-ring (bicyclic) bond motifs is 1. The smallest absolute Gasteiger partial charge is 0.187 e. The Morgan fingerprint density at radius 1 is 1.18 bits per heavy atom. The molecule has 84 valence electrons. The third-order valence-electron chi connectivity index (χ3n) is 2.36. The van der Waals surface area contributed by atoms with Crippen LogP contribution in [0, 0.1) is 6.92 Å². The van der Waals surface area contributed by atoms with Crippen molar-refractivity contribution in [1.29, 1.82) is 0 Å². The van der Waals surface area contributed by atoms with Gasteiger partial charge in [0.1, 0.15) is 5.15 Å². The van der Waals surface area contributed by atoms with E-state index in [1.165, 1.54) is 0 Å². The Balaban J connectivity index is 2.27. The van der Waals surface area contributed by atoms with E-state index in [9.17, 15) is 0 Å². The Labute approximate surface area is 102 Å². The van der Waals surface area contributed by atoms with Crippen LogP contribution < -0.4 is 0 Å². The number of hydrogen-bond acceptors (Lipinski definition) is 4. The summed E-state index contributed by atoms with van der Waals surface area (Å²) < 4.78 is 1.61. The molecule has 0 aromatic carbocycles. The summed E-state index contributed by atoms with van der Waals surface area (Å²) in [7, 11) is 0. The predicted molar refractivity (Wildman–Crippen MR) is 63.8 cm³/mol. The summed E-state index contributed by atoms with van der Waals surface area (Å²) in [6, 6.07) is 5.44. The summed E-state index contributed by atoms with van der Waals surface area (Å²) in [6.45, 7) is 1.97. The molecule has 0 amide bonds. The van der Waals surface area contributed by atoms with Crippen LogP contribution in [-0.4, -0.2) is 24.8 Å². The minimum absolute atomic E-state index is 0.402. The van der Waals surface area contributed by atoms with Crippen LogP contribution in [0.3, 0.4) is 0 Å². The van der Waals surface area contributed by atoms with Gasteiger partial charge in [0.2, 0.25) is 0 Å². The first-order valence-corrected chi connectivity index (χ1v) is 5.42. The Morgan fingerprint density at radius 3 is 2.88 bits per heavy atom. The molecule has 0 radical (unpaired) electrons. The van der Waals surface area contributed by atoms with Crippen LogP contribution in [0.25, 0.3) is 17.0 Å². The maximum Gasteiger partial charge on any atom is 0.187 e.